The third-order valence-corrected chi connectivity index (χ3v) is 8.00. The monoisotopic (exact) mass is 417 g/mol. The lowest BCUT2D eigenvalue weighted by atomic mass is 10.0. The Labute approximate surface area is 162 Å². The first-order chi connectivity index (χ1) is 12.3. The number of halogens is 3. The zero-order chi connectivity index (χ0) is 21.7. The van der Waals surface area contributed by atoms with Gasteiger partial charge in [0.25, 0.3) is 5.60 Å². The average Bonchev–Trinajstić information content (AvgIpc) is 2.91. The van der Waals surface area contributed by atoms with Gasteiger partial charge < -0.3 is 8.92 Å². The standard InChI is InChI=1S/C16H28F3NO4S.C2H6/c1-7-25(8-2,9-3)24-15(16(17,18)19)11-20(10-12(15)21)13(22)23-14(4,5)6;1-2/h7-11H2,1-6H3;1-2H3. The van der Waals surface area contributed by atoms with Gasteiger partial charge in [-0.15, -0.1) is 10.3 Å². The molecule has 0 aromatic carbocycles. The molecule has 9 heteroatoms. The molecular formula is C18H34F3NO4S. The number of carbonyl (C=O) groups excluding carboxylic acids is 2. The molecule has 0 spiro atoms. The summed E-state index contributed by atoms with van der Waals surface area (Å²) in [7, 11) is -2.07. The third-order valence-electron chi connectivity index (χ3n) is 4.21. The maximum atomic E-state index is 13.9. The van der Waals surface area contributed by atoms with E-state index < -0.39 is 52.7 Å². The molecule has 1 unspecified atom stereocenters. The number of Topliss-reactive ketones (excluding diaryl/α,β-unsaturated/α-hetero) is 1. The molecule has 0 aromatic rings. The summed E-state index contributed by atoms with van der Waals surface area (Å²) in [6.45, 7) is 12.6. The first-order valence-corrected chi connectivity index (χ1v) is 11.4. The Morgan fingerprint density at radius 1 is 1.11 bits per heavy atom. The summed E-state index contributed by atoms with van der Waals surface area (Å²) in [6, 6.07) is 0. The van der Waals surface area contributed by atoms with Crippen LogP contribution in [0.25, 0.3) is 0 Å². The minimum absolute atomic E-state index is 0.414. The van der Waals surface area contributed by atoms with E-state index in [9.17, 15) is 22.8 Å². The fourth-order valence-corrected chi connectivity index (χ4v) is 5.05. The van der Waals surface area contributed by atoms with E-state index in [1.54, 1.807) is 41.5 Å². The van der Waals surface area contributed by atoms with E-state index in [0.29, 0.717) is 17.3 Å². The van der Waals surface area contributed by atoms with Crippen molar-refractivity contribution in [3.05, 3.63) is 0 Å². The van der Waals surface area contributed by atoms with Gasteiger partial charge >= 0.3 is 12.3 Å². The van der Waals surface area contributed by atoms with Gasteiger partial charge in [0, 0.05) is 0 Å². The number of ether oxygens (including phenoxy) is 1. The van der Waals surface area contributed by atoms with Gasteiger partial charge in [0.1, 0.15) is 5.60 Å². The quantitative estimate of drug-likeness (QED) is 0.636. The number of likely N-dealkylation sites (tertiary alicyclic amines) is 1. The van der Waals surface area contributed by atoms with Crippen molar-refractivity contribution in [3.63, 3.8) is 0 Å². The number of hydrogen-bond acceptors (Lipinski definition) is 4. The first-order valence-electron chi connectivity index (χ1n) is 9.30. The Morgan fingerprint density at radius 2 is 1.56 bits per heavy atom. The SMILES string of the molecule is CC.CCS(CC)(CC)OC1(C(F)(F)F)CN(C(=O)OC(C)(C)C)CC1=O. The molecule has 1 heterocycles. The summed E-state index contributed by atoms with van der Waals surface area (Å²) < 4.78 is 52.3. The fraction of sp³-hybridized carbons (Fsp3) is 0.889. The molecule has 5 nitrogen and oxygen atoms in total. The second-order valence-electron chi connectivity index (χ2n) is 7.00. The molecule has 1 rings (SSSR count). The molecule has 1 atom stereocenters. The van der Waals surface area contributed by atoms with E-state index in [0.717, 1.165) is 4.90 Å². The summed E-state index contributed by atoms with van der Waals surface area (Å²) in [5.41, 5.74) is -3.84. The van der Waals surface area contributed by atoms with E-state index in [1.165, 1.54) is 0 Å². The fourth-order valence-electron chi connectivity index (χ4n) is 2.63. The van der Waals surface area contributed by atoms with E-state index in [1.807, 2.05) is 13.8 Å². The third kappa shape index (κ3) is 6.01. The van der Waals surface area contributed by atoms with Gasteiger partial charge in [-0.05, 0) is 38.0 Å². The summed E-state index contributed by atoms with van der Waals surface area (Å²) in [6.07, 6.45) is -5.85. The molecular weight excluding hydrogens is 383 g/mol. The van der Waals surface area contributed by atoms with Crippen molar-refractivity contribution in [2.24, 2.45) is 0 Å². The van der Waals surface area contributed by atoms with Crippen LogP contribution in [-0.4, -0.2) is 64.5 Å². The number of ketones is 1. The van der Waals surface area contributed by atoms with Crippen molar-refractivity contribution in [1.82, 2.24) is 4.90 Å². The van der Waals surface area contributed by atoms with Gasteiger partial charge in [0.2, 0.25) is 0 Å². The van der Waals surface area contributed by atoms with Crippen LogP contribution in [0.3, 0.4) is 0 Å². The highest BCUT2D eigenvalue weighted by Gasteiger charge is 2.68. The molecule has 0 saturated carbocycles. The van der Waals surface area contributed by atoms with Gasteiger partial charge in [-0.2, -0.15) is 13.2 Å². The van der Waals surface area contributed by atoms with Gasteiger partial charge in [0.15, 0.2) is 5.78 Å². The normalized spacial score (nSPS) is 21.6. The van der Waals surface area contributed by atoms with E-state index in [-0.39, 0.29) is 0 Å². The molecule has 0 radical (unpaired) electrons. The van der Waals surface area contributed by atoms with Crippen molar-refractivity contribution in [3.8, 4) is 0 Å². The number of carbonyl (C=O) groups is 2. The minimum Gasteiger partial charge on any atom is -0.444 e. The molecule has 0 N–H and O–H groups in total. The Kier molecular flexibility index (Phi) is 9.16. The highest BCUT2D eigenvalue weighted by atomic mass is 32.3. The Morgan fingerprint density at radius 3 is 1.89 bits per heavy atom. The van der Waals surface area contributed by atoms with Crippen LogP contribution < -0.4 is 0 Å². The van der Waals surface area contributed by atoms with Crippen LogP contribution in [0.5, 0.6) is 0 Å². The molecule has 0 aromatic heterocycles. The maximum absolute atomic E-state index is 13.9. The van der Waals surface area contributed by atoms with Crippen LogP contribution in [0, 0.1) is 0 Å². The number of hydrogen-bond donors (Lipinski definition) is 0. The summed E-state index contributed by atoms with van der Waals surface area (Å²) >= 11 is 0. The molecule has 1 aliphatic heterocycles. The molecule has 1 aliphatic rings. The highest BCUT2D eigenvalue weighted by molar-refractivity contribution is 8.29. The minimum atomic E-state index is -4.90. The Balaban J connectivity index is 0.00000326. The molecule has 0 bridgehead atoms. The predicted molar refractivity (Wildman–Crippen MR) is 103 cm³/mol. The van der Waals surface area contributed by atoms with Crippen molar-refractivity contribution in [2.45, 2.75) is 72.8 Å². The lowest BCUT2D eigenvalue weighted by molar-refractivity contribution is -0.232. The summed E-state index contributed by atoms with van der Waals surface area (Å²) in [5, 5.41) is 0. The second-order valence-corrected chi connectivity index (χ2v) is 10.8. The molecule has 1 saturated heterocycles. The Hall–Kier alpha value is -0.960. The summed E-state index contributed by atoms with van der Waals surface area (Å²) in [4.78, 5) is 25.3. The van der Waals surface area contributed by atoms with Crippen molar-refractivity contribution in [2.75, 3.05) is 30.3 Å². The topological polar surface area (TPSA) is 55.8 Å². The van der Waals surface area contributed by atoms with Crippen molar-refractivity contribution in [1.29, 1.82) is 0 Å². The van der Waals surface area contributed by atoms with Gasteiger partial charge in [-0.1, -0.05) is 34.6 Å². The van der Waals surface area contributed by atoms with Crippen LogP contribution in [0.2, 0.25) is 0 Å². The Bertz CT molecular complexity index is 507. The largest absolute Gasteiger partial charge is 0.444 e. The van der Waals surface area contributed by atoms with Gasteiger partial charge in [-0.25, -0.2) is 4.79 Å². The molecule has 1 amide bonds. The number of alkyl halides is 3. The lowest BCUT2D eigenvalue weighted by Gasteiger charge is -2.44. The smallest absolute Gasteiger partial charge is 0.427 e. The van der Waals surface area contributed by atoms with Gasteiger partial charge in [-0.3, -0.25) is 9.69 Å². The zero-order valence-electron chi connectivity index (χ0n) is 17.7. The van der Waals surface area contributed by atoms with Crippen LogP contribution in [-0.2, 0) is 13.7 Å². The predicted octanol–water partition coefficient (Wildman–Crippen LogP) is 4.93. The highest BCUT2D eigenvalue weighted by Crippen LogP contribution is 2.56. The van der Waals surface area contributed by atoms with Crippen LogP contribution in [0.15, 0.2) is 0 Å². The molecule has 0 aliphatic carbocycles. The number of nitrogens with zero attached hydrogens (tertiary/aromatic N) is 1. The van der Waals surface area contributed by atoms with Crippen LogP contribution in [0.4, 0.5) is 18.0 Å². The average molecular weight is 418 g/mol. The zero-order valence-corrected chi connectivity index (χ0v) is 18.5. The number of amides is 1. The lowest BCUT2D eigenvalue weighted by Crippen LogP contribution is -2.55. The molecule has 162 valence electrons. The van der Waals surface area contributed by atoms with E-state index in [2.05, 4.69) is 0 Å². The number of rotatable bonds is 5. The summed E-state index contributed by atoms with van der Waals surface area (Å²) in [5.74, 6) is 0.102. The molecule has 27 heavy (non-hydrogen) atoms. The van der Waals surface area contributed by atoms with Crippen molar-refractivity contribution >= 4 is 22.2 Å². The second kappa shape index (κ2) is 9.49. The molecule has 1 fully saturated rings. The van der Waals surface area contributed by atoms with E-state index in [4.69, 9.17) is 8.92 Å². The maximum Gasteiger partial charge on any atom is 0.427 e. The first kappa shape index (κ1) is 26.0. The van der Waals surface area contributed by atoms with E-state index >= 15 is 0 Å². The van der Waals surface area contributed by atoms with Crippen molar-refractivity contribution < 1.29 is 31.7 Å². The van der Waals surface area contributed by atoms with Crippen LogP contribution in [0.1, 0.15) is 55.4 Å². The van der Waals surface area contributed by atoms with Crippen LogP contribution >= 0.6 is 10.3 Å². The van der Waals surface area contributed by atoms with Gasteiger partial charge in [0.05, 0.1) is 13.1 Å².